The van der Waals surface area contributed by atoms with Crippen LogP contribution in [0.2, 0.25) is 0 Å². The number of hydrogen-bond donors (Lipinski definition) is 2. The lowest BCUT2D eigenvalue weighted by atomic mass is 9.79. The Morgan fingerprint density at radius 1 is 1.22 bits per heavy atom. The zero-order valence-corrected chi connectivity index (χ0v) is 10.8. The number of amides is 1. The monoisotopic (exact) mass is 245 g/mol. The Bertz CT molecular complexity index is 478. The second-order valence-electron chi connectivity index (χ2n) is 5.54. The minimum atomic E-state index is -0.0750. The van der Waals surface area contributed by atoms with Gasteiger partial charge >= 0.3 is 0 Å². The van der Waals surface area contributed by atoms with E-state index in [1.165, 1.54) is 19.3 Å². The molecule has 0 unspecified atom stereocenters. The van der Waals surface area contributed by atoms with Crippen molar-refractivity contribution in [1.29, 1.82) is 0 Å². The van der Waals surface area contributed by atoms with Crippen LogP contribution in [-0.4, -0.2) is 16.4 Å². The van der Waals surface area contributed by atoms with Gasteiger partial charge in [-0.1, -0.05) is 19.3 Å². The first-order chi connectivity index (χ1) is 8.67. The van der Waals surface area contributed by atoms with E-state index in [0.717, 1.165) is 30.0 Å². The van der Waals surface area contributed by atoms with Crippen LogP contribution in [0, 0.1) is 6.92 Å². The van der Waals surface area contributed by atoms with E-state index < -0.39 is 0 Å². The molecule has 1 spiro atoms. The summed E-state index contributed by atoms with van der Waals surface area (Å²) in [5, 5.41) is 6.51. The molecule has 18 heavy (non-hydrogen) atoms. The van der Waals surface area contributed by atoms with Crippen LogP contribution in [0.5, 0.6) is 0 Å². The average molecular weight is 245 g/mol. The maximum absolute atomic E-state index is 12.0. The number of carbonyl (C=O) groups is 1. The summed E-state index contributed by atoms with van der Waals surface area (Å²) in [6, 6.07) is 3.87. The fourth-order valence-corrected chi connectivity index (χ4v) is 3.08. The van der Waals surface area contributed by atoms with E-state index in [0.29, 0.717) is 6.42 Å². The predicted octanol–water partition coefficient (Wildman–Crippen LogP) is 2.85. The van der Waals surface area contributed by atoms with Gasteiger partial charge in [-0.25, -0.2) is 4.98 Å². The van der Waals surface area contributed by atoms with Crippen LogP contribution in [0.25, 0.3) is 0 Å². The molecule has 0 aromatic carbocycles. The number of carbonyl (C=O) groups excluding carboxylic acids is 1. The van der Waals surface area contributed by atoms with E-state index in [9.17, 15) is 4.79 Å². The molecule has 4 heteroatoms. The Labute approximate surface area is 107 Å². The molecule has 0 bridgehead atoms. The first-order valence-electron chi connectivity index (χ1n) is 6.73. The number of nitrogens with zero attached hydrogens (tertiary/aromatic N) is 1. The maximum atomic E-state index is 12.0. The molecule has 4 nitrogen and oxygen atoms in total. The summed E-state index contributed by atoms with van der Waals surface area (Å²) in [6.07, 6.45) is 6.36. The van der Waals surface area contributed by atoms with Crippen LogP contribution in [-0.2, 0) is 4.79 Å². The van der Waals surface area contributed by atoms with Gasteiger partial charge in [-0.2, -0.15) is 0 Å². The highest BCUT2D eigenvalue weighted by atomic mass is 16.1. The second-order valence-corrected chi connectivity index (χ2v) is 5.54. The second kappa shape index (κ2) is 4.26. The van der Waals surface area contributed by atoms with Gasteiger partial charge in [0.15, 0.2) is 5.82 Å². The van der Waals surface area contributed by atoms with Crippen LogP contribution in [0.15, 0.2) is 12.1 Å². The molecule has 0 atom stereocenters. The molecular formula is C14H19N3O. The van der Waals surface area contributed by atoms with Gasteiger partial charge in [0.1, 0.15) is 0 Å². The Morgan fingerprint density at radius 3 is 2.78 bits per heavy atom. The fraction of sp³-hybridized carbons (Fsp3) is 0.571. The standard InChI is InChI=1S/C14H19N3O/c1-10-5-6-11-13(15-10)17-14(9-12(18)16-11)7-3-2-4-8-14/h5-6H,2-4,7-9H2,1H3,(H,15,17)(H,16,18). The summed E-state index contributed by atoms with van der Waals surface area (Å²) in [5.74, 6) is 0.941. The molecular weight excluding hydrogens is 226 g/mol. The molecule has 3 rings (SSSR count). The fourth-order valence-electron chi connectivity index (χ4n) is 3.08. The molecule has 1 aromatic heterocycles. The molecule has 2 heterocycles. The third-order valence-corrected chi connectivity index (χ3v) is 4.00. The Kier molecular flexibility index (Phi) is 2.73. The average Bonchev–Trinajstić information content (AvgIpc) is 2.45. The number of fused-ring (bicyclic) bond motifs is 1. The van der Waals surface area contributed by atoms with E-state index in [1.54, 1.807) is 0 Å². The van der Waals surface area contributed by atoms with Crippen LogP contribution < -0.4 is 10.6 Å². The molecule has 1 amide bonds. The predicted molar refractivity (Wildman–Crippen MR) is 71.7 cm³/mol. The van der Waals surface area contributed by atoms with Crippen molar-refractivity contribution in [3.05, 3.63) is 17.8 Å². The van der Waals surface area contributed by atoms with E-state index in [4.69, 9.17) is 0 Å². The van der Waals surface area contributed by atoms with Gasteiger partial charge in [-0.05, 0) is 31.9 Å². The summed E-state index contributed by atoms with van der Waals surface area (Å²) >= 11 is 0. The van der Waals surface area contributed by atoms with Crippen molar-refractivity contribution in [2.45, 2.75) is 51.0 Å². The molecule has 1 aromatic rings. The van der Waals surface area contributed by atoms with Gasteiger partial charge in [-0.15, -0.1) is 0 Å². The molecule has 96 valence electrons. The van der Waals surface area contributed by atoms with Crippen LogP contribution in [0.3, 0.4) is 0 Å². The first-order valence-corrected chi connectivity index (χ1v) is 6.73. The number of anilines is 2. The number of aryl methyl sites for hydroxylation is 1. The highest BCUT2D eigenvalue weighted by molar-refractivity contribution is 5.96. The summed E-state index contributed by atoms with van der Waals surface area (Å²) in [7, 11) is 0. The SMILES string of the molecule is Cc1ccc2c(n1)NC1(CCCCC1)CC(=O)N2. The minimum absolute atomic E-state index is 0.0750. The van der Waals surface area contributed by atoms with Gasteiger partial charge in [0.05, 0.1) is 5.69 Å². The van der Waals surface area contributed by atoms with Crippen LogP contribution >= 0.6 is 0 Å². The minimum Gasteiger partial charge on any atom is -0.362 e. The zero-order chi connectivity index (χ0) is 12.6. The van der Waals surface area contributed by atoms with E-state index in [2.05, 4.69) is 15.6 Å². The highest BCUT2D eigenvalue weighted by Crippen LogP contribution is 2.38. The lowest BCUT2D eigenvalue weighted by molar-refractivity contribution is -0.117. The largest absolute Gasteiger partial charge is 0.362 e. The van der Waals surface area contributed by atoms with Gasteiger partial charge in [0.25, 0.3) is 0 Å². The summed E-state index contributed by atoms with van der Waals surface area (Å²) < 4.78 is 0. The van der Waals surface area contributed by atoms with E-state index in [-0.39, 0.29) is 11.4 Å². The molecule has 0 radical (unpaired) electrons. The number of nitrogens with one attached hydrogen (secondary N) is 2. The normalized spacial score (nSPS) is 21.7. The van der Waals surface area contributed by atoms with Gasteiger partial charge in [0.2, 0.25) is 5.91 Å². The van der Waals surface area contributed by atoms with Crippen molar-refractivity contribution < 1.29 is 4.79 Å². The topological polar surface area (TPSA) is 54.0 Å². The zero-order valence-electron chi connectivity index (χ0n) is 10.8. The molecule has 1 aliphatic carbocycles. The number of pyridine rings is 1. The lowest BCUT2D eigenvalue weighted by Crippen LogP contribution is -2.42. The van der Waals surface area contributed by atoms with Crippen LogP contribution in [0.4, 0.5) is 11.5 Å². The molecule has 2 N–H and O–H groups in total. The maximum Gasteiger partial charge on any atom is 0.226 e. The Hall–Kier alpha value is -1.58. The van der Waals surface area contributed by atoms with Crippen molar-refractivity contribution in [1.82, 2.24) is 4.98 Å². The first kappa shape index (κ1) is 11.5. The Balaban J connectivity index is 1.98. The summed E-state index contributed by atoms with van der Waals surface area (Å²) in [6.45, 7) is 1.97. The van der Waals surface area contributed by atoms with Gasteiger partial charge in [0, 0.05) is 17.7 Å². The molecule has 1 fully saturated rings. The van der Waals surface area contributed by atoms with Crippen molar-refractivity contribution >= 4 is 17.4 Å². The van der Waals surface area contributed by atoms with E-state index in [1.807, 2.05) is 19.1 Å². The third kappa shape index (κ3) is 2.07. The third-order valence-electron chi connectivity index (χ3n) is 4.00. The van der Waals surface area contributed by atoms with Crippen molar-refractivity contribution in [3.8, 4) is 0 Å². The number of rotatable bonds is 0. The molecule has 1 saturated carbocycles. The van der Waals surface area contributed by atoms with Crippen molar-refractivity contribution in [2.24, 2.45) is 0 Å². The molecule has 0 saturated heterocycles. The Morgan fingerprint density at radius 2 is 2.00 bits per heavy atom. The van der Waals surface area contributed by atoms with Crippen LogP contribution in [0.1, 0.15) is 44.2 Å². The lowest BCUT2D eigenvalue weighted by Gasteiger charge is -2.36. The van der Waals surface area contributed by atoms with Crippen molar-refractivity contribution in [3.63, 3.8) is 0 Å². The smallest absolute Gasteiger partial charge is 0.226 e. The molecule has 2 aliphatic rings. The highest BCUT2D eigenvalue weighted by Gasteiger charge is 2.37. The molecule has 1 aliphatic heterocycles. The quantitative estimate of drug-likeness (QED) is 0.739. The number of aromatic nitrogens is 1. The summed E-state index contributed by atoms with van der Waals surface area (Å²) in [5.41, 5.74) is 1.71. The van der Waals surface area contributed by atoms with Crippen molar-refractivity contribution in [2.75, 3.05) is 10.6 Å². The van der Waals surface area contributed by atoms with E-state index >= 15 is 0 Å². The summed E-state index contributed by atoms with van der Waals surface area (Å²) in [4.78, 5) is 16.6. The number of hydrogen-bond acceptors (Lipinski definition) is 3. The van der Waals surface area contributed by atoms with Gasteiger partial charge in [-0.3, -0.25) is 4.79 Å². The van der Waals surface area contributed by atoms with Gasteiger partial charge < -0.3 is 10.6 Å².